The van der Waals surface area contributed by atoms with E-state index in [9.17, 15) is 4.79 Å². The second-order valence-electron chi connectivity index (χ2n) is 47.9. The van der Waals surface area contributed by atoms with Crippen LogP contribution in [0.3, 0.4) is 0 Å². The van der Waals surface area contributed by atoms with Gasteiger partial charge in [0.1, 0.15) is 13.2 Å². The van der Waals surface area contributed by atoms with Crippen LogP contribution >= 0.6 is 0 Å². The summed E-state index contributed by atoms with van der Waals surface area (Å²) in [5.74, 6) is 6.16. The summed E-state index contributed by atoms with van der Waals surface area (Å²) < 4.78 is 105. The summed E-state index contributed by atoms with van der Waals surface area (Å²) in [6, 6.07) is 1.77. The van der Waals surface area contributed by atoms with Crippen LogP contribution in [-0.4, -0.2) is 355 Å². The molecular formula is C104H200N6O19. The number of rotatable bonds is 49. The Labute approximate surface area is 789 Å². The maximum atomic E-state index is 12.2. The van der Waals surface area contributed by atoms with E-state index in [1.165, 1.54) is 0 Å². The number of hydrogen-bond donors (Lipinski definition) is 1. The van der Waals surface area contributed by atoms with E-state index in [0.717, 1.165) is 221 Å². The molecule has 9 fully saturated rings. The number of amides is 1. The number of carbonyl (C=O) groups excluding carboxylic acids is 1. The fourth-order valence-corrected chi connectivity index (χ4v) is 16.2. The highest BCUT2D eigenvalue weighted by molar-refractivity contribution is 5.75. The highest BCUT2D eigenvalue weighted by atomic mass is 16.6. The van der Waals surface area contributed by atoms with Crippen LogP contribution in [-0.2, 0) is 90.1 Å². The smallest absolute Gasteiger partial charge is 0.222 e. The number of nitrogens with zero attached hydrogens (tertiary/aromatic N) is 5. The largest absolute Gasteiger partial charge is 0.380 e. The molecule has 0 unspecified atom stereocenters. The fraction of sp³-hybridized carbons (Fsp3) is 0.971. The molecule has 1 amide bonds. The predicted octanol–water partition coefficient (Wildman–Crippen LogP) is 17.2. The van der Waals surface area contributed by atoms with Crippen LogP contribution in [0.5, 0.6) is 0 Å². The van der Waals surface area contributed by atoms with Gasteiger partial charge in [-0.3, -0.25) is 24.4 Å². The van der Waals surface area contributed by atoms with Gasteiger partial charge in [0, 0.05) is 167 Å². The van der Waals surface area contributed by atoms with E-state index in [2.05, 4.69) is 258 Å². The van der Waals surface area contributed by atoms with Crippen molar-refractivity contribution < 1.29 is 90.1 Å². The van der Waals surface area contributed by atoms with Crippen molar-refractivity contribution in [3.63, 3.8) is 0 Å². The van der Waals surface area contributed by atoms with Gasteiger partial charge in [-0.2, -0.15) is 0 Å². The zero-order chi connectivity index (χ0) is 96.2. The van der Waals surface area contributed by atoms with Crippen molar-refractivity contribution in [1.29, 1.82) is 0 Å². The van der Waals surface area contributed by atoms with Crippen molar-refractivity contribution in [2.45, 2.75) is 484 Å². The average molecular weight is 1840 g/mol. The number of likely N-dealkylation sites (N-methyl/N-ethyl adjacent to an activating group) is 1. The van der Waals surface area contributed by atoms with Crippen molar-refractivity contribution in [2.24, 2.45) is 0 Å². The van der Waals surface area contributed by atoms with E-state index in [1.807, 2.05) is 7.05 Å². The number of likely N-dealkylation sites (tertiary alicyclic amines) is 3. The summed E-state index contributed by atoms with van der Waals surface area (Å²) in [5, 5.41) is 3.54. The zero-order valence-corrected chi connectivity index (χ0v) is 88.9. The number of carbonyl (C=O) groups is 1. The highest BCUT2D eigenvalue weighted by Crippen LogP contribution is 2.37. The third-order valence-corrected chi connectivity index (χ3v) is 23.3. The van der Waals surface area contributed by atoms with Crippen molar-refractivity contribution in [3.05, 3.63) is 0 Å². The molecule has 0 radical (unpaired) electrons. The maximum Gasteiger partial charge on any atom is 0.222 e. The molecule has 3 aliphatic heterocycles. The molecule has 0 spiro atoms. The summed E-state index contributed by atoms with van der Waals surface area (Å²) in [5.41, 5.74) is 0.0833. The number of hydrogen-bond acceptors (Lipinski definition) is 24. The molecule has 0 aromatic rings. The van der Waals surface area contributed by atoms with Gasteiger partial charge < -0.3 is 95.5 Å². The van der Waals surface area contributed by atoms with Gasteiger partial charge in [0.15, 0.2) is 0 Å². The van der Waals surface area contributed by atoms with E-state index in [1.54, 1.807) is 4.90 Å². The van der Waals surface area contributed by atoms with Crippen molar-refractivity contribution in [3.8, 4) is 11.8 Å². The Morgan fingerprint density at radius 1 is 0.333 bits per heavy atom. The first-order valence-electron chi connectivity index (χ1n) is 50.6. The molecule has 9 aliphatic rings. The van der Waals surface area contributed by atoms with Gasteiger partial charge in [-0.25, -0.2) is 0 Å². The zero-order valence-electron chi connectivity index (χ0n) is 88.9. The summed E-state index contributed by atoms with van der Waals surface area (Å²) >= 11 is 0. The first kappa shape index (κ1) is 118. The molecule has 3 saturated heterocycles. The Bertz CT molecular complexity index is 2940. The molecule has 0 aromatic carbocycles. The van der Waals surface area contributed by atoms with Crippen LogP contribution in [0.1, 0.15) is 331 Å². The molecule has 9 rings (SSSR count). The van der Waals surface area contributed by atoms with Crippen molar-refractivity contribution in [1.82, 2.24) is 29.8 Å². The molecule has 1 N–H and O–H groups in total. The van der Waals surface area contributed by atoms with E-state index in [-0.39, 0.29) is 61.8 Å². The van der Waals surface area contributed by atoms with Crippen LogP contribution in [0.25, 0.3) is 0 Å². The first-order valence-corrected chi connectivity index (χ1v) is 50.6. The standard InChI is InChI=1S/C24H47NO4.C22H42N2O4.C21H41NO4.C21H37NO4.C16H33NO3/c1-18(2)25(19-14-21(15-19)28-23(3,4)5)10-13-26-11-9-12-27-20-16-22(17-20)29-24(6,7)8;1-21(2,3)24-15-19(16-24)27-12-10-23(7)20(25)9-8-11-26-17-13-18(14-17)28-22(4,5)6;1-20(2,3)25-18-12-16(13-18)22-8-11-23-9-7-10-24-17-14-19(15-17)26-21(4,5)6;1-20(2,3)22-15-19(16-22)25-12-11-23-9-7-8-10-24-17-13-18(14-17)26-21(4,5)6;1-15(2,3)19-10-7-9-18-11-8-17-12-14(13-17)20-16(4,5)6/h18-22H,9-17H2,1-8H3;17-19H,8-16H2,1-7H3;16-19,22H,7-15H2,1-6H3;17-19H,9-16H2,1-6H3;14H,7-13H2,1-6H3. The summed E-state index contributed by atoms with van der Waals surface area (Å²) in [7, 11) is 1.86. The van der Waals surface area contributed by atoms with E-state index in [4.69, 9.17) is 85.3 Å². The monoisotopic (exact) mass is 1840 g/mol. The molecule has 25 nitrogen and oxygen atoms in total. The molecule has 0 atom stereocenters. The van der Waals surface area contributed by atoms with E-state index >= 15 is 0 Å². The summed E-state index contributed by atoms with van der Waals surface area (Å²) in [4.78, 5) is 23.8. The minimum Gasteiger partial charge on any atom is -0.380 e. The van der Waals surface area contributed by atoms with E-state index < -0.39 is 0 Å². The SMILES string of the molecule is CC(C)(C)OC1CC(NCCOCCCOC2CC(OC(C)(C)C)C2)C1.CC(C)(C)OC1CC(OCC#CCOCCOC2CN(C(C)(C)C)C2)C1.CC(C)(C)OCCCOCCN1CC(OC(C)(C)C)C1.CC(C)N(CCOCCCOC1CC(OC(C)(C)C)C1)C1CC(OC(C)(C)C)C1.CN(CCOC1CN(C(C)(C)C)C1)C(=O)CCCOC1CC(OC(C)(C)C)C1. The lowest BCUT2D eigenvalue weighted by Gasteiger charge is -2.47. The molecule has 3 heterocycles. The molecule has 6 aliphatic carbocycles. The molecule has 129 heavy (non-hydrogen) atoms. The predicted molar refractivity (Wildman–Crippen MR) is 520 cm³/mol. The third kappa shape index (κ3) is 56.1. The lowest BCUT2D eigenvalue weighted by Crippen LogP contribution is -2.59. The Kier molecular flexibility index (Phi) is 51.4. The molecule has 0 bridgehead atoms. The van der Waals surface area contributed by atoms with Gasteiger partial charge in [0.05, 0.1) is 164 Å². The summed E-state index contributed by atoms with van der Waals surface area (Å²) in [6.07, 6.45) is 21.4. The van der Waals surface area contributed by atoms with Gasteiger partial charge in [0.25, 0.3) is 0 Å². The van der Waals surface area contributed by atoms with Crippen LogP contribution in [0.15, 0.2) is 0 Å². The van der Waals surface area contributed by atoms with Gasteiger partial charge >= 0.3 is 0 Å². The fourth-order valence-electron chi connectivity index (χ4n) is 16.2. The van der Waals surface area contributed by atoms with Gasteiger partial charge in [-0.15, -0.1) is 0 Å². The van der Waals surface area contributed by atoms with E-state index in [0.29, 0.717) is 150 Å². The van der Waals surface area contributed by atoms with Gasteiger partial charge in [0.2, 0.25) is 5.91 Å². The van der Waals surface area contributed by atoms with Crippen molar-refractivity contribution >= 4 is 5.91 Å². The lowest BCUT2D eigenvalue weighted by atomic mass is 9.86. The molecule has 6 saturated carbocycles. The maximum absolute atomic E-state index is 12.2. The van der Waals surface area contributed by atoms with Crippen molar-refractivity contribution in [2.75, 3.05) is 172 Å². The minimum absolute atomic E-state index is 0.0270. The van der Waals surface area contributed by atoms with Crippen LogP contribution in [0.2, 0.25) is 0 Å². The first-order chi connectivity index (χ1) is 59.8. The van der Waals surface area contributed by atoms with Gasteiger partial charge in [-0.1, -0.05) is 11.8 Å². The van der Waals surface area contributed by atoms with Crippen LogP contribution < -0.4 is 5.32 Å². The Morgan fingerprint density at radius 2 is 0.690 bits per heavy atom. The normalized spacial score (nSPS) is 25.2. The third-order valence-electron chi connectivity index (χ3n) is 23.3. The summed E-state index contributed by atoms with van der Waals surface area (Å²) in [6.45, 7) is 88.6. The minimum atomic E-state index is -0.0824. The van der Waals surface area contributed by atoms with Crippen LogP contribution in [0, 0.1) is 11.8 Å². The number of ether oxygens (including phenoxy) is 18. The van der Waals surface area contributed by atoms with Crippen LogP contribution in [0.4, 0.5) is 0 Å². The quantitative estimate of drug-likeness (QED) is 0.0443. The Balaban J connectivity index is 0.000000287. The topological polar surface area (TPSA) is 211 Å². The second-order valence-corrected chi connectivity index (χ2v) is 47.9. The molecular weight excluding hydrogens is 1640 g/mol. The Morgan fingerprint density at radius 3 is 1.10 bits per heavy atom. The molecule has 25 heteroatoms. The highest BCUT2D eigenvalue weighted by Gasteiger charge is 2.42. The average Bonchev–Trinajstić information content (AvgIpc) is 0.813. The second kappa shape index (κ2) is 56.4. The number of nitrogens with one attached hydrogen (secondary N) is 1. The molecule has 760 valence electrons. The molecule has 0 aromatic heterocycles. The Hall–Kier alpha value is -1.89. The lowest BCUT2D eigenvalue weighted by molar-refractivity contribution is -0.150. The van der Waals surface area contributed by atoms with Gasteiger partial charge in [-0.05, 0) is 311 Å².